The minimum absolute atomic E-state index is 0.264. The molecule has 0 atom stereocenters. The van der Waals surface area contributed by atoms with E-state index in [2.05, 4.69) is 12.2 Å². The summed E-state index contributed by atoms with van der Waals surface area (Å²) in [6.45, 7) is 2.88. The van der Waals surface area contributed by atoms with Crippen molar-refractivity contribution in [2.24, 2.45) is 0 Å². The number of halogens is 2. The lowest BCUT2D eigenvalue weighted by molar-refractivity contribution is 0.102. The molecule has 128 valence electrons. The van der Waals surface area contributed by atoms with Crippen molar-refractivity contribution in [3.05, 3.63) is 58.1 Å². The van der Waals surface area contributed by atoms with Gasteiger partial charge in [0, 0.05) is 5.56 Å². The molecular formula is C19H21Cl2NO2. The third kappa shape index (κ3) is 5.43. The van der Waals surface area contributed by atoms with Crippen molar-refractivity contribution in [3.63, 3.8) is 0 Å². The van der Waals surface area contributed by atoms with E-state index in [0.717, 1.165) is 12.2 Å². The Balaban J connectivity index is 1.91. The summed E-state index contributed by atoms with van der Waals surface area (Å²) in [7, 11) is 0. The van der Waals surface area contributed by atoms with Crippen LogP contribution in [0.25, 0.3) is 0 Å². The summed E-state index contributed by atoms with van der Waals surface area (Å²) >= 11 is 12.1. The highest BCUT2D eigenvalue weighted by molar-refractivity contribution is 6.40. The first-order valence-corrected chi connectivity index (χ1v) is 8.85. The molecule has 0 saturated carbocycles. The quantitative estimate of drug-likeness (QED) is 0.565. The largest absolute Gasteiger partial charge is 0.494 e. The summed E-state index contributed by atoms with van der Waals surface area (Å²) in [5.74, 6) is 0.498. The van der Waals surface area contributed by atoms with Crippen LogP contribution in [0.3, 0.4) is 0 Å². The average Bonchev–Trinajstić information content (AvgIpc) is 2.58. The lowest BCUT2D eigenvalue weighted by Gasteiger charge is -2.10. The summed E-state index contributed by atoms with van der Waals surface area (Å²) in [6, 6.07) is 12.1. The van der Waals surface area contributed by atoms with Gasteiger partial charge in [-0.1, -0.05) is 55.5 Å². The van der Waals surface area contributed by atoms with Crippen LogP contribution in [0, 0.1) is 0 Å². The second kappa shape index (κ2) is 9.55. The molecule has 2 rings (SSSR count). The Labute approximate surface area is 152 Å². The van der Waals surface area contributed by atoms with Crippen LogP contribution in [-0.4, -0.2) is 12.5 Å². The maximum absolute atomic E-state index is 12.3. The van der Waals surface area contributed by atoms with Crippen molar-refractivity contribution in [1.29, 1.82) is 0 Å². The molecule has 2 aromatic carbocycles. The first kappa shape index (κ1) is 18.6. The predicted molar refractivity (Wildman–Crippen MR) is 100 cm³/mol. The molecular weight excluding hydrogens is 345 g/mol. The van der Waals surface area contributed by atoms with Gasteiger partial charge in [0.05, 0.1) is 22.3 Å². The van der Waals surface area contributed by atoms with Crippen molar-refractivity contribution in [1.82, 2.24) is 0 Å². The molecule has 1 N–H and O–H groups in total. The number of rotatable bonds is 8. The molecule has 0 unspecified atom stereocenters. The fourth-order valence-electron chi connectivity index (χ4n) is 2.22. The lowest BCUT2D eigenvalue weighted by Crippen LogP contribution is -2.12. The van der Waals surface area contributed by atoms with E-state index in [4.69, 9.17) is 27.9 Å². The third-order valence-electron chi connectivity index (χ3n) is 3.58. The zero-order chi connectivity index (χ0) is 17.4. The minimum atomic E-state index is -0.264. The van der Waals surface area contributed by atoms with Crippen LogP contribution >= 0.6 is 23.2 Å². The van der Waals surface area contributed by atoms with Crippen LogP contribution in [0.5, 0.6) is 5.75 Å². The molecule has 0 radical (unpaired) electrons. The van der Waals surface area contributed by atoms with Gasteiger partial charge >= 0.3 is 0 Å². The lowest BCUT2D eigenvalue weighted by atomic mass is 10.2. The number of unbranched alkanes of at least 4 members (excludes halogenated alkanes) is 3. The zero-order valence-electron chi connectivity index (χ0n) is 13.6. The number of carbonyl (C=O) groups excluding carboxylic acids is 1. The first-order chi connectivity index (χ1) is 11.6. The summed E-state index contributed by atoms with van der Waals surface area (Å²) < 4.78 is 5.67. The number of nitrogens with one attached hydrogen (secondary N) is 1. The fourth-order valence-corrected chi connectivity index (χ4v) is 2.72. The van der Waals surface area contributed by atoms with Crippen molar-refractivity contribution < 1.29 is 9.53 Å². The molecule has 0 heterocycles. The van der Waals surface area contributed by atoms with Gasteiger partial charge in [0.2, 0.25) is 0 Å². The highest BCUT2D eigenvalue weighted by Gasteiger charge is 2.11. The normalized spacial score (nSPS) is 10.5. The Bertz CT molecular complexity index is 651. The number of carbonyl (C=O) groups is 1. The van der Waals surface area contributed by atoms with Crippen LogP contribution in [0.15, 0.2) is 42.5 Å². The van der Waals surface area contributed by atoms with Gasteiger partial charge in [-0.05, 0) is 42.8 Å². The van der Waals surface area contributed by atoms with E-state index in [0.29, 0.717) is 27.9 Å². The maximum Gasteiger partial charge on any atom is 0.255 e. The van der Waals surface area contributed by atoms with Gasteiger partial charge in [-0.15, -0.1) is 0 Å². The molecule has 1 amide bonds. The Morgan fingerprint density at radius 1 is 1.00 bits per heavy atom. The van der Waals surface area contributed by atoms with E-state index >= 15 is 0 Å². The number of para-hydroxylation sites is 1. The molecule has 0 saturated heterocycles. The number of ether oxygens (including phenoxy) is 1. The van der Waals surface area contributed by atoms with Crippen LogP contribution < -0.4 is 10.1 Å². The van der Waals surface area contributed by atoms with E-state index in [-0.39, 0.29) is 5.91 Å². The van der Waals surface area contributed by atoms with Crippen molar-refractivity contribution in [2.45, 2.75) is 32.6 Å². The molecule has 0 aliphatic carbocycles. The Morgan fingerprint density at radius 2 is 1.67 bits per heavy atom. The van der Waals surface area contributed by atoms with Gasteiger partial charge in [-0.25, -0.2) is 0 Å². The van der Waals surface area contributed by atoms with Crippen molar-refractivity contribution >= 4 is 34.8 Å². The van der Waals surface area contributed by atoms with Gasteiger partial charge in [0.15, 0.2) is 0 Å². The number of hydrogen-bond donors (Lipinski definition) is 1. The number of benzene rings is 2. The van der Waals surface area contributed by atoms with Crippen LogP contribution in [0.2, 0.25) is 10.0 Å². The predicted octanol–water partition coefficient (Wildman–Crippen LogP) is 6.20. The summed E-state index contributed by atoms with van der Waals surface area (Å²) in [5.41, 5.74) is 0.936. The summed E-state index contributed by atoms with van der Waals surface area (Å²) in [6.07, 6.45) is 4.66. The van der Waals surface area contributed by atoms with E-state index in [1.54, 1.807) is 42.5 Å². The number of anilines is 1. The molecule has 24 heavy (non-hydrogen) atoms. The molecule has 0 aliphatic heterocycles. The van der Waals surface area contributed by atoms with E-state index in [1.807, 2.05) is 0 Å². The SMILES string of the molecule is CCCCCCOc1ccc(C(=O)Nc2c(Cl)cccc2Cl)cc1. The van der Waals surface area contributed by atoms with E-state index in [9.17, 15) is 4.79 Å². The maximum atomic E-state index is 12.3. The van der Waals surface area contributed by atoms with Crippen molar-refractivity contribution in [3.8, 4) is 5.75 Å². The third-order valence-corrected chi connectivity index (χ3v) is 4.21. The van der Waals surface area contributed by atoms with Gasteiger partial charge < -0.3 is 10.1 Å². The van der Waals surface area contributed by atoms with Gasteiger partial charge in [-0.2, -0.15) is 0 Å². The molecule has 0 aromatic heterocycles. The number of amides is 1. The summed E-state index contributed by atoms with van der Waals surface area (Å²) in [5, 5.41) is 3.55. The van der Waals surface area contributed by atoms with Gasteiger partial charge in [0.1, 0.15) is 5.75 Å². The van der Waals surface area contributed by atoms with Crippen LogP contribution in [0.4, 0.5) is 5.69 Å². The Hall–Kier alpha value is -1.71. The standard InChI is InChI=1S/C19H21Cl2NO2/c1-2-3-4-5-13-24-15-11-9-14(10-12-15)19(23)22-18-16(20)7-6-8-17(18)21/h6-12H,2-5,13H2,1H3,(H,22,23). The van der Waals surface area contributed by atoms with Gasteiger partial charge in [0.25, 0.3) is 5.91 Å². The smallest absolute Gasteiger partial charge is 0.255 e. The van der Waals surface area contributed by atoms with Crippen molar-refractivity contribution in [2.75, 3.05) is 11.9 Å². The second-order valence-corrected chi connectivity index (χ2v) is 6.30. The molecule has 0 bridgehead atoms. The van der Waals surface area contributed by atoms with Crippen LogP contribution in [-0.2, 0) is 0 Å². The average molecular weight is 366 g/mol. The molecule has 3 nitrogen and oxygen atoms in total. The monoisotopic (exact) mass is 365 g/mol. The fraction of sp³-hybridized carbons (Fsp3) is 0.316. The topological polar surface area (TPSA) is 38.3 Å². The Morgan fingerprint density at radius 3 is 2.29 bits per heavy atom. The Kier molecular flexibility index (Phi) is 7.41. The van der Waals surface area contributed by atoms with E-state index in [1.165, 1.54) is 19.3 Å². The molecule has 0 aliphatic rings. The molecule has 0 spiro atoms. The van der Waals surface area contributed by atoms with Crippen LogP contribution in [0.1, 0.15) is 43.0 Å². The highest BCUT2D eigenvalue weighted by atomic mass is 35.5. The first-order valence-electron chi connectivity index (χ1n) is 8.10. The molecule has 5 heteroatoms. The number of hydrogen-bond acceptors (Lipinski definition) is 2. The highest BCUT2D eigenvalue weighted by Crippen LogP contribution is 2.30. The zero-order valence-corrected chi connectivity index (χ0v) is 15.2. The van der Waals surface area contributed by atoms with E-state index < -0.39 is 0 Å². The molecule has 0 fully saturated rings. The van der Waals surface area contributed by atoms with Gasteiger partial charge in [-0.3, -0.25) is 4.79 Å². The second-order valence-electron chi connectivity index (χ2n) is 5.48. The molecule has 2 aromatic rings. The summed E-state index contributed by atoms with van der Waals surface area (Å²) in [4.78, 5) is 12.3. The minimum Gasteiger partial charge on any atom is -0.494 e.